The molecule has 0 amide bonds. The lowest BCUT2D eigenvalue weighted by molar-refractivity contribution is 0.341. The molecule has 0 saturated carbocycles. The lowest BCUT2D eigenvalue weighted by atomic mass is 9.90. The van der Waals surface area contributed by atoms with Crippen LogP contribution in [0.3, 0.4) is 0 Å². The predicted octanol–water partition coefficient (Wildman–Crippen LogP) is 2.18. The van der Waals surface area contributed by atoms with Crippen LogP contribution in [-0.4, -0.2) is 37.3 Å². The number of piperidine rings is 1. The Balaban J connectivity index is 2.06. The number of ether oxygens (including phenoxy) is 2. The zero-order valence-corrected chi connectivity index (χ0v) is 14.6. The van der Waals surface area contributed by atoms with Crippen LogP contribution in [0, 0.1) is 12.8 Å². The number of fused-ring (bicyclic) bond motifs is 1. The Labute approximate surface area is 141 Å². The Morgan fingerprint density at radius 1 is 1.25 bits per heavy atom. The molecule has 1 fully saturated rings. The molecule has 6 nitrogen and oxygen atoms in total. The van der Waals surface area contributed by atoms with Crippen LogP contribution < -0.4 is 20.3 Å². The minimum Gasteiger partial charge on any atom is -0.493 e. The van der Waals surface area contributed by atoms with Crippen LogP contribution in [0.15, 0.2) is 10.9 Å². The van der Waals surface area contributed by atoms with Crippen molar-refractivity contribution in [1.29, 1.82) is 0 Å². The highest BCUT2D eigenvalue weighted by Crippen LogP contribution is 2.37. The molecule has 2 heterocycles. The number of hydrogen-bond donors (Lipinski definition) is 2. The largest absolute Gasteiger partial charge is 0.493 e. The number of nitrogens with zero attached hydrogens (tertiary/aromatic N) is 1. The number of methoxy groups -OCH3 is 2. The summed E-state index contributed by atoms with van der Waals surface area (Å²) in [6.07, 6.45) is 4.28. The second-order valence-corrected chi connectivity index (χ2v) is 6.37. The number of benzene rings is 1. The molecular weight excluding hydrogens is 306 g/mol. The molecule has 0 radical (unpaired) electrons. The fourth-order valence-corrected chi connectivity index (χ4v) is 3.54. The molecule has 1 saturated heterocycles. The van der Waals surface area contributed by atoms with E-state index in [9.17, 15) is 4.79 Å². The average Bonchev–Trinajstić information content (AvgIpc) is 2.60. The number of aromatic nitrogens is 2. The van der Waals surface area contributed by atoms with Gasteiger partial charge in [0.2, 0.25) is 0 Å². The Kier molecular flexibility index (Phi) is 5.04. The number of aryl methyl sites for hydroxylation is 2. The van der Waals surface area contributed by atoms with Gasteiger partial charge in [-0.25, -0.2) is 4.98 Å². The molecule has 2 N–H and O–H groups in total. The van der Waals surface area contributed by atoms with Gasteiger partial charge in [0.25, 0.3) is 5.56 Å². The summed E-state index contributed by atoms with van der Waals surface area (Å²) < 4.78 is 11.1. The van der Waals surface area contributed by atoms with Crippen molar-refractivity contribution in [3.8, 4) is 11.5 Å². The highest BCUT2D eigenvalue weighted by atomic mass is 16.5. The predicted molar refractivity (Wildman–Crippen MR) is 94.1 cm³/mol. The third-order valence-electron chi connectivity index (χ3n) is 4.82. The molecule has 2 aromatic rings. The smallest absolute Gasteiger partial charge is 0.258 e. The van der Waals surface area contributed by atoms with Gasteiger partial charge in [0, 0.05) is 5.56 Å². The van der Waals surface area contributed by atoms with E-state index in [2.05, 4.69) is 15.3 Å². The summed E-state index contributed by atoms with van der Waals surface area (Å²) in [4.78, 5) is 19.7. The first kappa shape index (κ1) is 16.8. The quantitative estimate of drug-likeness (QED) is 0.878. The molecule has 0 bridgehead atoms. The fourth-order valence-electron chi connectivity index (χ4n) is 3.54. The van der Waals surface area contributed by atoms with Crippen molar-refractivity contribution in [2.24, 2.45) is 5.92 Å². The van der Waals surface area contributed by atoms with Gasteiger partial charge in [-0.2, -0.15) is 0 Å². The molecule has 0 atom stereocenters. The Hall–Kier alpha value is -2.08. The molecule has 0 aliphatic carbocycles. The van der Waals surface area contributed by atoms with Crippen molar-refractivity contribution in [1.82, 2.24) is 15.3 Å². The van der Waals surface area contributed by atoms with Crippen LogP contribution in [0.2, 0.25) is 0 Å². The first-order chi connectivity index (χ1) is 11.6. The first-order valence-electron chi connectivity index (χ1n) is 8.49. The van der Waals surface area contributed by atoms with Gasteiger partial charge in [0.1, 0.15) is 5.82 Å². The average molecular weight is 331 g/mol. The topological polar surface area (TPSA) is 76.2 Å². The highest BCUT2D eigenvalue weighted by Gasteiger charge is 2.20. The van der Waals surface area contributed by atoms with Crippen molar-refractivity contribution < 1.29 is 9.47 Å². The monoisotopic (exact) mass is 331 g/mol. The van der Waals surface area contributed by atoms with Gasteiger partial charge >= 0.3 is 0 Å². The van der Waals surface area contributed by atoms with Gasteiger partial charge in [-0.1, -0.05) is 0 Å². The van der Waals surface area contributed by atoms with E-state index >= 15 is 0 Å². The van der Waals surface area contributed by atoms with Gasteiger partial charge in [0.15, 0.2) is 11.5 Å². The Morgan fingerprint density at radius 3 is 2.67 bits per heavy atom. The van der Waals surface area contributed by atoms with E-state index in [1.807, 2.05) is 0 Å². The zero-order chi connectivity index (χ0) is 17.1. The molecule has 3 rings (SSSR count). The zero-order valence-electron chi connectivity index (χ0n) is 14.6. The molecule has 1 aliphatic heterocycles. The molecule has 1 aliphatic rings. The molecular formula is C18H25N3O3. The normalized spacial score (nSPS) is 15.6. The van der Waals surface area contributed by atoms with E-state index in [4.69, 9.17) is 9.47 Å². The van der Waals surface area contributed by atoms with E-state index in [0.717, 1.165) is 37.0 Å². The van der Waals surface area contributed by atoms with Crippen molar-refractivity contribution >= 4 is 10.9 Å². The molecule has 1 aromatic carbocycles. The highest BCUT2D eigenvalue weighted by molar-refractivity contribution is 5.86. The Morgan fingerprint density at radius 2 is 2.00 bits per heavy atom. The van der Waals surface area contributed by atoms with E-state index in [1.54, 1.807) is 27.2 Å². The minimum absolute atomic E-state index is 0.137. The summed E-state index contributed by atoms with van der Waals surface area (Å²) in [5.41, 5.74) is 1.56. The maximum atomic E-state index is 12.3. The lowest BCUT2D eigenvalue weighted by Gasteiger charge is -2.23. The van der Waals surface area contributed by atoms with E-state index in [1.165, 1.54) is 12.8 Å². The van der Waals surface area contributed by atoms with E-state index in [-0.39, 0.29) is 5.56 Å². The fraction of sp³-hybridized carbons (Fsp3) is 0.556. The van der Waals surface area contributed by atoms with Gasteiger partial charge < -0.3 is 19.8 Å². The first-order valence-corrected chi connectivity index (χ1v) is 8.49. The molecule has 24 heavy (non-hydrogen) atoms. The summed E-state index contributed by atoms with van der Waals surface area (Å²) in [6.45, 7) is 3.96. The van der Waals surface area contributed by atoms with Crippen LogP contribution in [0.1, 0.15) is 30.7 Å². The molecule has 1 aromatic heterocycles. The van der Waals surface area contributed by atoms with Crippen molar-refractivity contribution in [3.05, 3.63) is 27.8 Å². The van der Waals surface area contributed by atoms with Gasteiger partial charge in [-0.15, -0.1) is 0 Å². The number of rotatable bonds is 5. The van der Waals surface area contributed by atoms with Crippen molar-refractivity contribution in [2.45, 2.75) is 32.6 Å². The third-order valence-corrected chi connectivity index (χ3v) is 4.82. The third kappa shape index (κ3) is 3.24. The second-order valence-electron chi connectivity index (χ2n) is 6.37. The SMILES string of the molecule is COc1cc2c(=O)[nH]c(C)nc2c(CCC2CCNCC2)c1OC. The lowest BCUT2D eigenvalue weighted by Crippen LogP contribution is -2.28. The summed E-state index contributed by atoms with van der Waals surface area (Å²) >= 11 is 0. The number of nitrogens with one attached hydrogen (secondary N) is 2. The number of aromatic amines is 1. The van der Waals surface area contributed by atoms with Crippen LogP contribution in [0.5, 0.6) is 11.5 Å². The van der Waals surface area contributed by atoms with E-state index < -0.39 is 0 Å². The van der Waals surface area contributed by atoms with Gasteiger partial charge in [-0.05, 0) is 57.7 Å². The summed E-state index contributed by atoms with van der Waals surface area (Å²) in [7, 11) is 3.23. The van der Waals surface area contributed by atoms with Crippen LogP contribution in [0.25, 0.3) is 10.9 Å². The second kappa shape index (κ2) is 7.21. The van der Waals surface area contributed by atoms with Gasteiger partial charge in [0.05, 0.1) is 25.1 Å². The van der Waals surface area contributed by atoms with Gasteiger partial charge in [-0.3, -0.25) is 4.79 Å². The standard InChI is InChI=1S/C18H25N3O3/c1-11-20-16-13(5-4-12-6-8-19-9-7-12)17(24-3)15(23-2)10-14(16)18(22)21-11/h10,12,19H,4-9H2,1-3H3,(H,20,21,22). The summed E-state index contributed by atoms with van der Waals surface area (Å²) in [6, 6.07) is 1.72. The van der Waals surface area contributed by atoms with Crippen LogP contribution in [-0.2, 0) is 6.42 Å². The molecule has 6 heteroatoms. The maximum absolute atomic E-state index is 12.3. The number of hydrogen-bond acceptors (Lipinski definition) is 5. The molecule has 0 unspecified atom stereocenters. The summed E-state index contributed by atoms with van der Waals surface area (Å²) in [5.74, 6) is 2.58. The van der Waals surface area contributed by atoms with Crippen molar-refractivity contribution in [3.63, 3.8) is 0 Å². The molecule has 0 spiro atoms. The van der Waals surface area contributed by atoms with Crippen molar-refractivity contribution in [2.75, 3.05) is 27.3 Å². The molecule has 130 valence electrons. The van der Waals surface area contributed by atoms with Crippen LogP contribution >= 0.6 is 0 Å². The maximum Gasteiger partial charge on any atom is 0.258 e. The van der Waals surface area contributed by atoms with E-state index in [0.29, 0.717) is 28.6 Å². The summed E-state index contributed by atoms with van der Waals surface area (Å²) in [5, 5.41) is 3.95. The Bertz CT molecular complexity index is 779. The minimum atomic E-state index is -0.137. The number of H-pyrrole nitrogens is 1. The van der Waals surface area contributed by atoms with Crippen LogP contribution in [0.4, 0.5) is 0 Å².